The summed E-state index contributed by atoms with van der Waals surface area (Å²) >= 11 is 0. The van der Waals surface area contributed by atoms with Crippen molar-refractivity contribution in [2.24, 2.45) is 0 Å². The minimum atomic E-state index is -3.67. The van der Waals surface area contributed by atoms with Gasteiger partial charge < -0.3 is 9.47 Å². The molecule has 0 aliphatic carbocycles. The monoisotopic (exact) mass is 393 g/mol. The molecule has 27 heavy (non-hydrogen) atoms. The lowest BCUT2D eigenvalue weighted by atomic mass is 9.74. The summed E-state index contributed by atoms with van der Waals surface area (Å²) in [7, 11) is -3.67. The van der Waals surface area contributed by atoms with Crippen LogP contribution in [0.4, 0.5) is 4.39 Å². The Balaban J connectivity index is 1.79. The van der Waals surface area contributed by atoms with E-state index in [-0.39, 0.29) is 17.3 Å². The van der Waals surface area contributed by atoms with Gasteiger partial charge in [-0.2, -0.15) is 0 Å². The van der Waals surface area contributed by atoms with Gasteiger partial charge in [0.25, 0.3) is 0 Å². The molecule has 0 saturated carbocycles. The first-order valence-electron chi connectivity index (χ1n) is 9.01. The zero-order chi connectivity index (χ0) is 19.3. The molecule has 1 fully saturated rings. The van der Waals surface area contributed by atoms with Crippen LogP contribution in [0.3, 0.4) is 0 Å². The van der Waals surface area contributed by atoms with Crippen molar-refractivity contribution >= 4 is 10.0 Å². The average Bonchev–Trinajstić information content (AvgIpc) is 2.68. The maximum atomic E-state index is 13.3. The summed E-state index contributed by atoms with van der Waals surface area (Å²) in [6, 6.07) is 12.6. The number of ether oxygens (including phenoxy) is 2. The standard InChI is InChI=1S/C20H24FNO4S/c1-2-26-18-7-9-19(10-8-18)27(23,24)22-15-20(11-13-25-14-12-20)16-3-5-17(21)6-4-16/h3-10,22H,2,11-15H2,1H3. The van der Waals surface area contributed by atoms with E-state index in [0.29, 0.717) is 38.4 Å². The van der Waals surface area contributed by atoms with Gasteiger partial charge in [0, 0.05) is 25.2 Å². The smallest absolute Gasteiger partial charge is 0.240 e. The maximum Gasteiger partial charge on any atom is 0.240 e. The molecule has 1 aliphatic rings. The van der Waals surface area contributed by atoms with Crippen LogP contribution in [-0.4, -0.2) is 34.8 Å². The van der Waals surface area contributed by atoms with Gasteiger partial charge in [0.2, 0.25) is 10.0 Å². The predicted molar refractivity (Wildman–Crippen MR) is 101 cm³/mol. The Morgan fingerprint density at radius 2 is 1.70 bits per heavy atom. The second-order valence-corrected chi connectivity index (χ2v) is 8.40. The Hall–Kier alpha value is -1.96. The Morgan fingerprint density at radius 3 is 2.30 bits per heavy atom. The van der Waals surface area contributed by atoms with Crippen LogP contribution in [-0.2, 0) is 20.2 Å². The molecule has 1 heterocycles. The molecule has 1 saturated heterocycles. The molecule has 1 aliphatic heterocycles. The molecule has 3 rings (SSSR count). The number of benzene rings is 2. The number of rotatable bonds is 7. The van der Waals surface area contributed by atoms with Crippen LogP contribution < -0.4 is 9.46 Å². The molecule has 1 N–H and O–H groups in total. The van der Waals surface area contributed by atoms with Gasteiger partial charge in [-0.15, -0.1) is 0 Å². The lowest BCUT2D eigenvalue weighted by Gasteiger charge is -2.37. The van der Waals surface area contributed by atoms with Crippen LogP contribution in [0.1, 0.15) is 25.3 Å². The molecule has 0 bridgehead atoms. The van der Waals surface area contributed by atoms with Gasteiger partial charge in [-0.25, -0.2) is 17.5 Å². The molecule has 0 amide bonds. The largest absolute Gasteiger partial charge is 0.494 e. The number of hydrogen-bond donors (Lipinski definition) is 1. The lowest BCUT2D eigenvalue weighted by Crippen LogP contribution is -2.44. The molecule has 0 spiro atoms. The SMILES string of the molecule is CCOc1ccc(S(=O)(=O)NCC2(c3ccc(F)cc3)CCOCC2)cc1. The van der Waals surface area contributed by atoms with Crippen LogP contribution in [0.25, 0.3) is 0 Å². The van der Waals surface area contributed by atoms with Crippen molar-refractivity contribution in [2.75, 3.05) is 26.4 Å². The zero-order valence-corrected chi connectivity index (χ0v) is 16.1. The summed E-state index contributed by atoms with van der Waals surface area (Å²) in [4.78, 5) is 0.187. The van der Waals surface area contributed by atoms with Crippen LogP contribution in [0.5, 0.6) is 5.75 Å². The maximum absolute atomic E-state index is 13.3. The fraction of sp³-hybridized carbons (Fsp3) is 0.400. The first kappa shape index (κ1) is 19.8. The average molecular weight is 393 g/mol. The fourth-order valence-corrected chi connectivity index (χ4v) is 4.46. The molecule has 5 nitrogen and oxygen atoms in total. The van der Waals surface area contributed by atoms with Crippen LogP contribution in [0, 0.1) is 5.82 Å². The van der Waals surface area contributed by atoms with E-state index in [4.69, 9.17) is 9.47 Å². The third kappa shape index (κ3) is 4.66. The van der Waals surface area contributed by atoms with Crippen molar-refractivity contribution in [3.05, 3.63) is 59.9 Å². The van der Waals surface area contributed by atoms with Crippen LogP contribution in [0.2, 0.25) is 0 Å². The molecule has 0 atom stereocenters. The molecule has 146 valence electrons. The van der Waals surface area contributed by atoms with Gasteiger partial charge in [0.15, 0.2) is 0 Å². The predicted octanol–water partition coefficient (Wildman–Crippen LogP) is 3.25. The van der Waals surface area contributed by atoms with E-state index >= 15 is 0 Å². The third-order valence-electron chi connectivity index (χ3n) is 4.95. The highest BCUT2D eigenvalue weighted by molar-refractivity contribution is 7.89. The van der Waals surface area contributed by atoms with E-state index in [2.05, 4.69) is 4.72 Å². The summed E-state index contributed by atoms with van der Waals surface area (Å²) in [5, 5.41) is 0. The quantitative estimate of drug-likeness (QED) is 0.784. The first-order valence-corrected chi connectivity index (χ1v) is 10.5. The molecule has 0 radical (unpaired) electrons. The summed E-state index contributed by atoms with van der Waals surface area (Å²) in [5.41, 5.74) is 0.506. The van der Waals surface area contributed by atoms with Crippen molar-refractivity contribution in [1.29, 1.82) is 0 Å². The second-order valence-electron chi connectivity index (χ2n) is 6.63. The molecule has 2 aromatic carbocycles. The van der Waals surface area contributed by atoms with E-state index in [9.17, 15) is 12.8 Å². The highest BCUT2D eigenvalue weighted by atomic mass is 32.2. The van der Waals surface area contributed by atoms with E-state index < -0.39 is 15.4 Å². The molecular weight excluding hydrogens is 369 g/mol. The fourth-order valence-electron chi connectivity index (χ4n) is 3.33. The van der Waals surface area contributed by atoms with Crippen LogP contribution in [0.15, 0.2) is 53.4 Å². The normalized spacial score (nSPS) is 16.8. The van der Waals surface area contributed by atoms with Gasteiger partial charge in [0.05, 0.1) is 11.5 Å². The van der Waals surface area contributed by atoms with E-state index in [1.165, 1.54) is 24.3 Å². The zero-order valence-electron chi connectivity index (χ0n) is 15.3. The molecule has 2 aromatic rings. The topological polar surface area (TPSA) is 64.6 Å². The van der Waals surface area contributed by atoms with Gasteiger partial charge in [-0.05, 0) is 61.7 Å². The van der Waals surface area contributed by atoms with Gasteiger partial charge in [-0.1, -0.05) is 12.1 Å². The Morgan fingerprint density at radius 1 is 1.07 bits per heavy atom. The van der Waals surface area contributed by atoms with E-state index in [1.54, 1.807) is 24.3 Å². The third-order valence-corrected chi connectivity index (χ3v) is 6.37. The van der Waals surface area contributed by atoms with Crippen molar-refractivity contribution in [2.45, 2.75) is 30.1 Å². The Labute approximate surface area is 159 Å². The molecule has 0 unspecified atom stereocenters. The Bertz CT molecular complexity index is 845. The minimum Gasteiger partial charge on any atom is -0.494 e. The van der Waals surface area contributed by atoms with E-state index in [0.717, 1.165) is 5.56 Å². The minimum absolute atomic E-state index is 0.187. The lowest BCUT2D eigenvalue weighted by molar-refractivity contribution is 0.0517. The van der Waals surface area contributed by atoms with Crippen LogP contribution >= 0.6 is 0 Å². The number of sulfonamides is 1. The van der Waals surface area contributed by atoms with Crippen molar-refractivity contribution in [1.82, 2.24) is 4.72 Å². The molecule has 0 aromatic heterocycles. The number of halogens is 1. The highest BCUT2D eigenvalue weighted by Gasteiger charge is 2.35. The summed E-state index contributed by atoms with van der Waals surface area (Å²) < 4.78 is 52.3. The second kappa shape index (κ2) is 8.37. The van der Waals surface area contributed by atoms with Crippen molar-refractivity contribution < 1.29 is 22.3 Å². The van der Waals surface area contributed by atoms with Crippen molar-refractivity contribution in [3.63, 3.8) is 0 Å². The van der Waals surface area contributed by atoms with Gasteiger partial charge in [-0.3, -0.25) is 0 Å². The number of nitrogens with one attached hydrogen (secondary N) is 1. The molecular formula is C20H24FNO4S. The Kier molecular flexibility index (Phi) is 6.14. The highest BCUT2D eigenvalue weighted by Crippen LogP contribution is 2.35. The first-order chi connectivity index (χ1) is 13.0. The van der Waals surface area contributed by atoms with Gasteiger partial charge >= 0.3 is 0 Å². The van der Waals surface area contributed by atoms with Gasteiger partial charge in [0.1, 0.15) is 11.6 Å². The van der Waals surface area contributed by atoms with E-state index in [1.807, 2.05) is 6.92 Å². The van der Waals surface area contributed by atoms with Crippen molar-refractivity contribution in [3.8, 4) is 5.75 Å². The molecule has 7 heteroatoms. The summed E-state index contributed by atoms with van der Waals surface area (Å²) in [6.07, 6.45) is 1.34. The summed E-state index contributed by atoms with van der Waals surface area (Å²) in [5.74, 6) is 0.319. The summed E-state index contributed by atoms with van der Waals surface area (Å²) in [6.45, 7) is 3.71. The number of hydrogen-bond acceptors (Lipinski definition) is 4.